The first-order valence-corrected chi connectivity index (χ1v) is 10.6. The summed E-state index contributed by atoms with van der Waals surface area (Å²) in [6.45, 7) is 7.65. The molecule has 0 aliphatic heterocycles. The topological polar surface area (TPSA) is 163 Å². The van der Waals surface area contributed by atoms with Crippen LogP contribution in [0.25, 0.3) is 0 Å². The zero-order chi connectivity index (χ0) is 24.2. The lowest BCUT2D eigenvalue weighted by atomic mass is 9.80. The minimum absolute atomic E-state index is 0.0569. The molecule has 0 saturated heterocycles. The minimum atomic E-state index is -0.676. The summed E-state index contributed by atoms with van der Waals surface area (Å²) < 4.78 is 0. The highest BCUT2D eigenvalue weighted by atomic mass is 16.2. The molecule has 8 nitrogen and oxygen atoms in total. The van der Waals surface area contributed by atoms with Crippen molar-refractivity contribution < 1.29 is 29.4 Å². The van der Waals surface area contributed by atoms with Crippen LogP contribution < -0.4 is 11.5 Å². The fourth-order valence-corrected chi connectivity index (χ4v) is 3.30. The quantitative estimate of drug-likeness (QED) is 0.191. The number of primary amides is 2. The van der Waals surface area contributed by atoms with Gasteiger partial charge in [0.2, 0.25) is 12.2 Å². The normalized spacial score (nSPS) is 13.2. The van der Waals surface area contributed by atoms with Gasteiger partial charge in [0, 0.05) is 25.7 Å². The number of aliphatic hydroxyl groups is 1. The van der Waals surface area contributed by atoms with E-state index in [9.17, 15) is 19.2 Å². The van der Waals surface area contributed by atoms with Gasteiger partial charge in [-0.2, -0.15) is 0 Å². The molecule has 7 N–H and O–H groups in total. The lowest BCUT2D eigenvalue weighted by molar-refractivity contribution is -0.121. The molecule has 0 aromatic carbocycles. The van der Waals surface area contributed by atoms with Crippen molar-refractivity contribution in [3.63, 3.8) is 0 Å². The van der Waals surface area contributed by atoms with E-state index < -0.39 is 11.8 Å². The Labute approximate surface area is 184 Å². The number of hydrogen-bond acceptors (Lipinski definition) is 5. The Morgan fingerprint density at radius 2 is 1.16 bits per heavy atom. The molecule has 0 fully saturated rings. The fourth-order valence-electron chi connectivity index (χ4n) is 3.30. The van der Waals surface area contributed by atoms with Crippen molar-refractivity contribution in [1.29, 1.82) is 0 Å². The van der Waals surface area contributed by atoms with E-state index in [4.69, 9.17) is 21.7 Å². The van der Waals surface area contributed by atoms with E-state index in [2.05, 4.69) is 0 Å². The maximum Gasteiger partial charge on any atom is 0.253 e. The summed E-state index contributed by atoms with van der Waals surface area (Å²) in [6, 6.07) is 0. The molecule has 0 spiro atoms. The van der Waals surface area contributed by atoms with E-state index >= 15 is 0 Å². The van der Waals surface area contributed by atoms with E-state index in [1.807, 2.05) is 27.7 Å². The smallest absolute Gasteiger partial charge is 0.253 e. The second-order valence-corrected chi connectivity index (χ2v) is 9.67. The number of carbonyl (C=O) groups is 4. The maximum absolute atomic E-state index is 12.2. The Hall–Kier alpha value is -2.64. The molecule has 0 heterocycles. The van der Waals surface area contributed by atoms with Gasteiger partial charge in [0.1, 0.15) is 17.1 Å². The molecular formula is C23H39N2O6+. The Morgan fingerprint density at radius 3 is 1.48 bits per heavy atom. The molecule has 0 rings (SSSR count). The monoisotopic (exact) mass is 439 g/mol. The molecule has 0 aliphatic rings. The van der Waals surface area contributed by atoms with Gasteiger partial charge in [-0.25, -0.2) is 0 Å². The average Bonchev–Trinajstić information content (AvgIpc) is 2.67. The number of amides is 2. The van der Waals surface area contributed by atoms with Gasteiger partial charge in [0.15, 0.2) is 0 Å². The van der Waals surface area contributed by atoms with E-state index in [0.29, 0.717) is 51.4 Å². The van der Waals surface area contributed by atoms with Crippen LogP contribution in [0.15, 0.2) is 23.7 Å². The van der Waals surface area contributed by atoms with Gasteiger partial charge >= 0.3 is 0 Å². The largest absolute Gasteiger partial charge is 0.598 e. The summed E-state index contributed by atoms with van der Waals surface area (Å²) in [6.07, 6.45) is 5.24. The second kappa shape index (κ2) is 12.9. The minimum Gasteiger partial charge on any atom is -0.598 e. The van der Waals surface area contributed by atoms with Crippen LogP contribution in [-0.2, 0) is 19.2 Å². The predicted molar refractivity (Wildman–Crippen MR) is 120 cm³/mol. The van der Waals surface area contributed by atoms with Gasteiger partial charge in [-0.15, -0.1) is 0 Å². The molecule has 0 saturated carbocycles. The molecule has 0 bridgehead atoms. The second-order valence-electron chi connectivity index (χ2n) is 9.67. The standard InChI is InChI=1S/C23H38N2O6/c1-22(2,12-16(14-26)20(24)30)10-8-18(28)6-5-7-19(29)9-11-23(3,4)13-17(15-27)21(25)31/h14-15,26-27H,5-13H2,1-4H3,(H2,24,30)(H2,25,31)/p+1/b16-14-,17-15-. The molecule has 8 heteroatoms. The molecule has 0 atom stereocenters. The number of rotatable bonds is 16. The van der Waals surface area contributed by atoms with Crippen molar-refractivity contribution >= 4 is 23.4 Å². The zero-order valence-electron chi connectivity index (χ0n) is 19.3. The SMILES string of the molecule is CC(C)(CCC(=O)CCCC(=O)CCC(C)(C)C/C(=C/[OH2+])C(N)=O)C/C(=C/O)C(N)=O. The molecule has 0 aliphatic carbocycles. The van der Waals surface area contributed by atoms with Gasteiger partial charge in [-0.1, -0.05) is 27.7 Å². The first kappa shape index (κ1) is 28.4. The molecular weight excluding hydrogens is 400 g/mol. The summed E-state index contributed by atoms with van der Waals surface area (Å²) in [5.74, 6) is -1.17. The Morgan fingerprint density at radius 1 is 0.774 bits per heavy atom. The number of hydrogen-bond donors (Lipinski definition) is 3. The van der Waals surface area contributed by atoms with Gasteiger partial charge in [0.25, 0.3) is 5.91 Å². The molecule has 0 aromatic heterocycles. The molecule has 0 unspecified atom stereocenters. The predicted octanol–water partition coefficient (Wildman–Crippen LogP) is 2.71. The number of nitrogens with two attached hydrogens (primary N) is 2. The van der Waals surface area contributed by atoms with E-state index in [0.717, 1.165) is 12.5 Å². The summed E-state index contributed by atoms with van der Waals surface area (Å²) in [7, 11) is 0. The van der Waals surface area contributed by atoms with Crippen LogP contribution in [0.5, 0.6) is 0 Å². The summed E-state index contributed by atoms with van der Waals surface area (Å²) in [5, 5.41) is 16.3. The van der Waals surface area contributed by atoms with Crippen LogP contribution in [0.4, 0.5) is 0 Å². The number of carbonyl (C=O) groups excluding carboxylic acids is 4. The summed E-state index contributed by atoms with van der Waals surface area (Å²) in [5.41, 5.74) is 10.1. The van der Waals surface area contributed by atoms with Crippen molar-refractivity contribution in [2.45, 2.75) is 85.5 Å². The molecule has 2 amide bonds. The van der Waals surface area contributed by atoms with Crippen molar-refractivity contribution in [2.75, 3.05) is 0 Å². The van der Waals surface area contributed by atoms with Crippen molar-refractivity contribution in [3.8, 4) is 0 Å². The lowest BCUT2D eigenvalue weighted by Crippen LogP contribution is -2.22. The van der Waals surface area contributed by atoms with Crippen LogP contribution in [-0.4, -0.2) is 33.6 Å². The van der Waals surface area contributed by atoms with Crippen LogP contribution in [0.1, 0.15) is 85.5 Å². The molecule has 176 valence electrons. The molecule has 31 heavy (non-hydrogen) atoms. The van der Waals surface area contributed by atoms with Crippen molar-refractivity contribution in [3.05, 3.63) is 23.7 Å². The van der Waals surface area contributed by atoms with Crippen LogP contribution in [0.2, 0.25) is 0 Å². The Bertz CT molecular complexity index is 660. The summed E-state index contributed by atoms with van der Waals surface area (Å²) >= 11 is 0. The van der Waals surface area contributed by atoms with Gasteiger partial charge in [0.05, 0.1) is 11.8 Å². The van der Waals surface area contributed by atoms with Crippen LogP contribution >= 0.6 is 0 Å². The highest BCUT2D eigenvalue weighted by molar-refractivity contribution is 5.92. The first-order valence-electron chi connectivity index (χ1n) is 10.6. The first-order chi connectivity index (χ1) is 14.2. The van der Waals surface area contributed by atoms with Gasteiger partial charge in [-0.3, -0.25) is 19.2 Å². The molecule has 0 radical (unpaired) electrons. The number of aliphatic hydroxyl groups excluding tert-OH is 1. The van der Waals surface area contributed by atoms with Crippen LogP contribution in [0.3, 0.4) is 0 Å². The summed E-state index contributed by atoms with van der Waals surface area (Å²) in [4.78, 5) is 46.8. The molecule has 0 aromatic rings. The van der Waals surface area contributed by atoms with E-state index in [1.54, 1.807) is 0 Å². The number of ketones is 2. The van der Waals surface area contributed by atoms with Gasteiger partial charge in [-0.05, 0) is 42.9 Å². The van der Waals surface area contributed by atoms with Gasteiger partial charge < -0.3 is 21.7 Å². The third kappa shape index (κ3) is 12.6. The third-order valence-electron chi connectivity index (χ3n) is 5.37. The maximum atomic E-state index is 12.2. The fraction of sp³-hybridized carbons (Fsp3) is 0.652. The Kier molecular flexibility index (Phi) is 11.8. The highest BCUT2D eigenvalue weighted by Gasteiger charge is 2.25. The highest BCUT2D eigenvalue weighted by Crippen LogP contribution is 2.32. The zero-order valence-corrected chi connectivity index (χ0v) is 19.3. The van der Waals surface area contributed by atoms with Crippen molar-refractivity contribution in [1.82, 2.24) is 0 Å². The van der Waals surface area contributed by atoms with E-state index in [-0.39, 0.29) is 40.0 Å². The average molecular weight is 440 g/mol. The van der Waals surface area contributed by atoms with E-state index in [1.165, 1.54) is 0 Å². The Balaban J connectivity index is 4.30. The lowest BCUT2D eigenvalue weighted by Gasteiger charge is -2.24. The van der Waals surface area contributed by atoms with Crippen LogP contribution in [0, 0.1) is 10.8 Å². The van der Waals surface area contributed by atoms with Crippen molar-refractivity contribution in [2.24, 2.45) is 22.3 Å². The number of Topliss-reactive ketones (excluding diaryl/α,β-unsaturated/α-hetero) is 2. The third-order valence-corrected chi connectivity index (χ3v) is 5.37.